The molecular weight excluding hydrogens is 359 g/mol. The average molecular weight is 393 g/mol. The van der Waals surface area contributed by atoms with Gasteiger partial charge in [0.2, 0.25) is 0 Å². The van der Waals surface area contributed by atoms with E-state index in [4.69, 9.17) is 5.10 Å². The van der Waals surface area contributed by atoms with E-state index >= 15 is 4.39 Å². The Labute approximate surface area is 174 Å². The van der Waals surface area contributed by atoms with Gasteiger partial charge in [0.1, 0.15) is 5.82 Å². The molecular formula is C26H33FN2. The summed E-state index contributed by atoms with van der Waals surface area (Å²) >= 11 is 0. The maximum atomic E-state index is 15.1. The van der Waals surface area contributed by atoms with E-state index in [0.29, 0.717) is 5.92 Å². The highest BCUT2D eigenvalue weighted by atomic mass is 19.1. The highest BCUT2D eigenvalue weighted by Gasteiger charge is 2.39. The van der Waals surface area contributed by atoms with Crippen LogP contribution in [0.15, 0.2) is 53.6 Å². The summed E-state index contributed by atoms with van der Waals surface area (Å²) in [5.41, 5.74) is 4.04. The largest absolute Gasteiger partial charge is 0.288 e. The van der Waals surface area contributed by atoms with E-state index in [1.165, 1.54) is 37.7 Å². The number of hydrogen-bond donors (Lipinski definition) is 0. The minimum absolute atomic E-state index is 0.0677. The SMILES string of the molecule is CCC1CCC(CN2N=C(C)C(c3ccccc3)C2c2ccc(C)cc2F)CC1. The van der Waals surface area contributed by atoms with Gasteiger partial charge in [0.25, 0.3) is 0 Å². The summed E-state index contributed by atoms with van der Waals surface area (Å²) in [6, 6.07) is 16.1. The van der Waals surface area contributed by atoms with Gasteiger partial charge in [-0.3, -0.25) is 5.01 Å². The van der Waals surface area contributed by atoms with E-state index in [1.54, 1.807) is 6.07 Å². The van der Waals surface area contributed by atoms with Crippen LogP contribution in [0.4, 0.5) is 4.39 Å². The zero-order valence-corrected chi connectivity index (χ0v) is 17.9. The van der Waals surface area contributed by atoms with Crippen molar-refractivity contribution in [3.8, 4) is 0 Å². The Hall–Kier alpha value is -2.16. The quantitative estimate of drug-likeness (QED) is 0.542. The molecule has 2 atom stereocenters. The van der Waals surface area contributed by atoms with Crippen molar-refractivity contribution in [3.05, 3.63) is 71.0 Å². The van der Waals surface area contributed by atoms with Crippen LogP contribution in [0, 0.1) is 24.6 Å². The number of nitrogens with zero attached hydrogens (tertiary/aromatic N) is 2. The molecule has 154 valence electrons. The second kappa shape index (κ2) is 8.69. The molecule has 2 nitrogen and oxygen atoms in total. The fourth-order valence-electron chi connectivity index (χ4n) is 5.26. The number of rotatable bonds is 5. The Morgan fingerprint density at radius 3 is 2.31 bits per heavy atom. The third-order valence-corrected chi connectivity index (χ3v) is 7.00. The van der Waals surface area contributed by atoms with E-state index in [-0.39, 0.29) is 17.8 Å². The van der Waals surface area contributed by atoms with Gasteiger partial charge in [-0.15, -0.1) is 0 Å². The van der Waals surface area contributed by atoms with E-state index < -0.39 is 0 Å². The highest BCUT2D eigenvalue weighted by molar-refractivity contribution is 5.91. The molecule has 0 radical (unpaired) electrons. The van der Waals surface area contributed by atoms with Gasteiger partial charge in [-0.1, -0.05) is 68.7 Å². The number of benzene rings is 2. The lowest BCUT2D eigenvalue weighted by atomic mass is 9.80. The standard InChI is InChI=1S/C26H33FN2/c1-4-20-11-13-21(14-12-20)17-29-26(23-15-10-18(2)16-24(23)27)25(19(3)28-29)22-8-6-5-7-9-22/h5-10,15-16,20-21,25-26H,4,11-14,17H2,1-3H3. The second-order valence-corrected chi connectivity index (χ2v) is 9.02. The van der Waals surface area contributed by atoms with Gasteiger partial charge in [0.05, 0.1) is 12.0 Å². The van der Waals surface area contributed by atoms with Gasteiger partial charge in [0.15, 0.2) is 0 Å². The zero-order valence-electron chi connectivity index (χ0n) is 17.9. The molecule has 3 heteroatoms. The molecule has 2 aliphatic rings. The number of aryl methyl sites for hydroxylation is 1. The van der Waals surface area contributed by atoms with Crippen LogP contribution in [0.3, 0.4) is 0 Å². The van der Waals surface area contributed by atoms with Crippen molar-refractivity contribution in [1.82, 2.24) is 5.01 Å². The van der Waals surface area contributed by atoms with Crippen molar-refractivity contribution >= 4 is 5.71 Å². The lowest BCUT2D eigenvalue weighted by molar-refractivity contribution is 0.148. The van der Waals surface area contributed by atoms with Crippen molar-refractivity contribution in [2.75, 3.05) is 6.54 Å². The third kappa shape index (κ3) is 4.24. The highest BCUT2D eigenvalue weighted by Crippen LogP contribution is 2.44. The first-order valence-corrected chi connectivity index (χ1v) is 11.2. The summed E-state index contributed by atoms with van der Waals surface area (Å²) in [5, 5.41) is 7.19. The van der Waals surface area contributed by atoms with E-state index in [1.807, 2.05) is 25.1 Å². The molecule has 2 unspecified atom stereocenters. The zero-order chi connectivity index (χ0) is 20.4. The molecule has 2 aromatic carbocycles. The summed E-state index contributed by atoms with van der Waals surface area (Å²) in [4.78, 5) is 0. The van der Waals surface area contributed by atoms with Crippen LogP contribution in [0.2, 0.25) is 0 Å². The fourth-order valence-corrected chi connectivity index (χ4v) is 5.26. The molecule has 1 aliphatic heterocycles. The second-order valence-electron chi connectivity index (χ2n) is 9.02. The third-order valence-electron chi connectivity index (χ3n) is 7.00. The number of hydrazone groups is 1. The molecule has 1 heterocycles. The average Bonchev–Trinajstić information content (AvgIpc) is 3.04. The van der Waals surface area contributed by atoms with Crippen molar-refractivity contribution in [1.29, 1.82) is 0 Å². The smallest absolute Gasteiger partial charge is 0.128 e. The molecule has 0 spiro atoms. The van der Waals surface area contributed by atoms with Crippen LogP contribution < -0.4 is 0 Å². The van der Waals surface area contributed by atoms with Gasteiger partial charge in [-0.2, -0.15) is 5.10 Å². The minimum Gasteiger partial charge on any atom is -0.288 e. The van der Waals surface area contributed by atoms with Gasteiger partial charge in [0, 0.05) is 17.8 Å². The summed E-state index contributed by atoms with van der Waals surface area (Å²) in [6.07, 6.45) is 6.47. The minimum atomic E-state index is -0.111. The molecule has 0 N–H and O–H groups in total. The molecule has 1 aliphatic carbocycles. The van der Waals surface area contributed by atoms with Gasteiger partial charge < -0.3 is 0 Å². The van der Waals surface area contributed by atoms with Crippen LogP contribution in [-0.2, 0) is 0 Å². The maximum Gasteiger partial charge on any atom is 0.128 e. The van der Waals surface area contributed by atoms with E-state index in [0.717, 1.165) is 29.3 Å². The molecule has 2 aromatic rings. The topological polar surface area (TPSA) is 15.6 Å². The molecule has 0 saturated heterocycles. The normalized spacial score (nSPS) is 27.2. The van der Waals surface area contributed by atoms with Gasteiger partial charge in [-0.25, -0.2) is 4.39 Å². The molecule has 29 heavy (non-hydrogen) atoms. The number of hydrogen-bond acceptors (Lipinski definition) is 2. The van der Waals surface area contributed by atoms with Crippen molar-refractivity contribution in [3.63, 3.8) is 0 Å². The summed E-state index contributed by atoms with van der Waals surface area (Å²) in [7, 11) is 0. The molecule has 0 bridgehead atoms. The summed E-state index contributed by atoms with van der Waals surface area (Å²) in [6.45, 7) is 7.28. The molecule has 1 saturated carbocycles. The van der Waals surface area contributed by atoms with Crippen molar-refractivity contribution in [2.45, 2.75) is 64.8 Å². The molecule has 0 aromatic heterocycles. The van der Waals surface area contributed by atoms with Crippen LogP contribution in [0.1, 0.15) is 74.6 Å². The first-order valence-electron chi connectivity index (χ1n) is 11.2. The molecule has 1 fully saturated rings. The van der Waals surface area contributed by atoms with Crippen LogP contribution >= 0.6 is 0 Å². The Morgan fingerprint density at radius 1 is 0.966 bits per heavy atom. The Balaban J connectivity index is 1.64. The Bertz CT molecular complexity index is 852. The predicted molar refractivity (Wildman–Crippen MR) is 119 cm³/mol. The van der Waals surface area contributed by atoms with Crippen LogP contribution in [0.25, 0.3) is 0 Å². The summed E-state index contributed by atoms with van der Waals surface area (Å²) < 4.78 is 15.1. The van der Waals surface area contributed by atoms with Crippen LogP contribution in [-0.4, -0.2) is 17.3 Å². The molecule has 0 amide bonds. The Morgan fingerprint density at radius 2 is 1.66 bits per heavy atom. The summed E-state index contributed by atoms with van der Waals surface area (Å²) in [5.74, 6) is 1.53. The first kappa shape index (κ1) is 20.1. The van der Waals surface area contributed by atoms with Gasteiger partial charge in [-0.05, 0) is 55.7 Å². The van der Waals surface area contributed by atoms with E-state index in [2.05, 4.69) is 43.1 Å². The van der Waals surface area contributed by atoms with E-state index in [9.17, 15) is 0 Å². The monoisotopic (exact) mass is 392 g/mol. The molecule has 4 rings (SSSR count). The number of halogens is 1. The fraction of sp³-hybridized carbons (Fsp3) is 0.500. The Kier molecular flexibility index (Phi) is 6.03. The van der Waals surface area contributed by atoms with Crippen LogP contribution in [0.5, 0.6) is 0 Å². The maximum absolute atomic E-state index is 15.1. The lowest BCUT2D eigenvalue weighted by Gasteiger charge is -2.34. The first-order chi connectivity index (χ1) is 14.1. The predicted octanol–water partition coefficient (Wildman–Crippen LogP) is 6.87. The lowest BCUT2D eigenvalue weighted by Crippen LogP contribution is -2.31. The van der Waals surface area contributed by atoms with Gasteiger partial charge >= 0.3 is 0 Å². The van der Waals surface area contributed by atoms with Crippen molar-refractivity contribution < 1.29 is 4.39 Å². The van der Waals surface area contributed by atoms with Crippen molar-refractivity contribution in [2.24, 2.45) is 16.9 Å².